The molecule has 4 heteroatoms. The fourth-order valence-corrected chi connectivity index (χ4v) is 2.89. The highest BCUT2D eigenvalue weighted by Gasteiger charge is 2.15. The molecule has 0 radical (unpaired) electrons. The molecule has 1 aromatic rings. The third-order valence-corrected chi connectivity index (χ3v) is 4.10. The Kier molecular flexibility index (Phi) is 7.00. The molecule has 1 aliphatic rings. The van der Waals surface area contributed by atoms with Gasteiger partial charge in [0.25, 0.3) is 0 Å². The number of piperidine rings is 1. The van der Waals surface area contributed by atoms with Gasteiger partial charge in [0.2, 0.25) is 0 Å². The number of hydrogen-bond donors (Lipinski definition) is 0. The van der Waals surface area contributed by atoms with Crippen LogP contribution in [0.2, 0.25) is 0 Å². The highest BCUT2D eigenvalue weighted by atomic mass is 16.5. The zero-order chi connectivity index (χ0) is 15.8. The van der Waals surface area contributed by atoms with E-state index >= 15 is 0 Å². The van der Waals surface area contributed by atoms with Crippen molar-refractivity contribution in [1.29, 1.82) is 0 Å². The van der Waals surface area contributed by atoms with Crippen LogP contribution in [-0.4, -0.2) is 51.5 Å². The molecule has 0 aromatic heterocycles. The van der Waals surface area contributed by atoms with Gasteiger partial charge in [0, 0.05) is 13.1 Å². The summed E-state index contributed by atoms with van der Waals surface area (Å²) in [5.74, 6) is 2.38. The monoisotopic (exact) mass is 307 g/mol. The molecule has 1 unspecified atom stereocenters. The fourth-order valence-electron chi connectivity index (χ4n) is 2.89. The van der Waals surface area contributed by atoms with Crippen molar-refractivity contribution in [2.45, 2.75) is 26.7 Å². The maximum absolute atomic E-state index is 5.73. The Balaban J connectivity index is 1.59. The lowest BCUT2D eigenvalue weighted by Crippen LogP contribution is -2.36. The van der Waals surface area contributed by atoms with Crippen LogP contribution in [0.3, 0.4) is 0 Å². The van der Waals surface area contributed by atoms with E-state index in [1.165, 1.54) is 25.9 Å². The smallest absolute Gasteiger partial charge is 0.161 e. The first kappa shape index (κ1) is 17.1. The Bertz CT molecular complexity index is 450. The van der Waals surface area contributed by atoms with E-state index in [1.54, 1.807) is 7.11 Å². The molecule has 1 heterocycles. The first-order chi connectivity index (χ1) is 10.7. The molecule has 124 valence electrons. The molecule has 0 spiro atoms. The minimum absolute atomic E-state index is 0.551. The molecule has 2 rings (SSSR count). The maximum Gasteiger partial charge on any atom is 0.161 e. The number of hydrogen-bond acceptors (Lipinski definition) is 4. The quantitative estimate of drug-likeness (QED) is 0.691. The van der Waals surface area contributed by atoms with Crippen LogP contribution in [0, 0.1) is 12.8 Å². The van der Waals surface area contributed by atoms with Crippen molar-refractivity contribution in [3.05, 3.63) is 23.8 Å². The van der Waals surface area contributed by atoms with Crippen molar-refractivity contribution in [2.75, 3.05) is 46.6 Å². The van der Waals surface area contributed by atoms with E-state index in [2.05, 4.69) is 11.8 Å². The molecule has 0 amide bonds. The Morgan fingerprint density at radius 1 is 1.18 bits per heavy atom. The van der Waals surface area contributed by atoms with Gasteiger partial charge < -0.3 is 19.1 Å². The molecule has 1 atom stereocenters. The van der Waals surface area contributed by atoms with Crippen LogP contribution in [-0.2, 0) is 4.74 Å². The maximum atomic E-state index is 5.73. The van der Waals surface area contributed by atoms with E-state index < -0.39 is 0 Å². The van der Waals surface area contributed by atoms with E-state index in [4.69, 9.17) is 14.2 Å². The molecule has 22 heavy (non-hydrogen) atoms. The van der Waals surface area contributed by atoms with Gasteiger partial charge in [-0.2, -0.15) is 0 Å². The standard InChI is InChI=1S/C18H29NO3/c1-15-6-7-17(18(13-15)20-3)22-12-11-21-10-9-19-8-4-5-16(2)14-19/h6-7,13,16H,4-5,8-12,14H2,1-3H3. The van der Waals surface area contributed by atoms with Crippen LogP contribution >= 0.6 is 0 Å². The fraction of sp³-hybridized carbons (Fsp3) is 0.667. The third kappa shape index (κ3) is 5.50. The van der Waals surface area contributed by atoms with Crippen molar-refractivity contribution < 1.29 is 14.2 Å². The van der Waals surface area contributed by atoms with Crippen LogP contribution in [0.4, 0.5) is 0 Å². The van der Waals surface area contributed by atoms with Gasteiger partial charge in [-0.15, -0.1) is 0 Å². The number of likely N-dealkylation sites (tertiary alicyclic amines) is 1. The lowest BCUT2D eigenvalue weighted by atomic mass is 10.0. The minimum Gasteiger partial charge on any atom is -0.493 e. The van der Waals surface area contributed by atoms with Crippen molar-refractivity contribution in [3.63, 3.8) is 0 Å². The SMILES string of the molecule is COc1cc(C)ccc1OCCOCCN1CCCC(C)C1. The number of nitrogens with zero attached hydrogens (tertiary/aromatic N) is 1. The summed E-state index contributed by atoms with van der Waals surface area (Å²) >= 11 is 0. The summed E-state index contributed by atoms with van der Waals surface area (Å²) in [6.45, 7) is 9.76. The van der Waals surface area contributed by atoms with Crippen molar-refractivity contribution >= 4 is 0 Å². The van der Waals surface area contributed by atoms with Crippen molar-refractivity contribution in [1.82, 2.24) is 4.90 Å². The second-order valence-electron chi connectivity index (χ2n) is 6.16. The van der Waals surface area contributed by atoms with E-state index in [0.29, 0.717) is 13.2 Å². The van der Waals surface area contributed by atoms with E-state index in [-0.39, 0.29) is 0 Å². The Morgan fingerprint density at radius 3 is 2.82 bits per heavy atom. The molecule has 0 N–H and O–H groups in total. The van der Waals surface area contributed by atoms with Crippen molar-refractivity contribution in [2.24, 2.45) is 5.92 Å². The number of ether oxygens (including phenoxy) is 3. The molecule has 0 aliphatic carbocycles. The van der Waals surface area contributed by atoms with Crippen LogP contribution in [0.15, 0.2) is 18.2 Å². The summed E-state index contributed by atoms with van der Waals surface area (Å²) in [6.07, 6.45) is 2.68. The van der Waals surface area contributed by atoms with Gasteiger partial charge in [0.05, 0.1) is 20.3 Å². The van der Waals surface area contributed by atoms with E-state index in [9.17, 15) is 0 Å². The molecule has 1 aromatic carbocycles. The number of benzene rings is 1. The summed E-state index contributed by atoms with van der Waals surface area (Å²) in [6, 6.07) is 5.95. The number of rotatable bonds is 8. The van der Waals surface area contributed by atoms with Crippen LogP contribution in [0.1, 0.15) is 25.3 Å². The molecule has 0 saturated carbocycles. The summed E-state index contributed by atoms with van der Waals surface area (Å²) in [7, 11) is 1.66. The predicted octanol–water partition coefficient (Wildman–Crippen LogP) is 3.13. The summed E-state index contributed by atoms with van der Waals surface area (Å²) in [4.78, 5) is 2.50. The van der Waals surface area contributed by atoms with Crippen LogP contribution in [0.25, 0.3) is 0 Å². The molecular formula is C18H29NO3. The zero-order valence-electron chi connectivity index (χ0n) is 14.1. The molecule has 1 aliphatic heterocycles. The lowest BCUT2D eigenvalue weighted by molar-refractivity contribution is 0.0683. The highest BCUT2D eigenvalue weighted by molar-refractivity contribution is 5.42. The summed E-state index contributed by atoms with van der Waals surface area (Å²) in [5, 5.41) is 0. The molecule has 1 fully saturated rings. The zero-order valence-corrected chi connectivity index (χ0v) is 14.1. The van der Waals surface area contributed by atoms with Gasteiger partial charge in [0.1, 0.15) is 6.61 Å². The van der Waals surface area contributed by atoms with Gasteiger partial charge in [-0.3, -0.25) is 0 Å². The third-order valence-electron chi connectivity index (χ3n) is 4.10. The molecular weight excluding hydrogens is 278 g/mol. The lowest BCUT2D eigenvalue weighted by Gasteiger charge is -2.30. The van der Waals surface area contributed by atoms with Crippen LogP contribution in [0.5, 0.6) is 11.5 Å². The number of methoxy groups -OCH3 is 1. The Morgan fingerprint density at radius 2 is 2.05 bits per heavy atom. The van der Waals surface area contributed by atoms with Gasteiger partial charge in [-0.05, 0) is 49.9 Å². The summed E-state index contributed by atoms with van der Waals surface area (Å²) < 4.78 is 16.7. The average molecular weight is 307 g/mol. The molecule has 1 saturated heterocycles. The van der Waals surface area contributed by atoms with Gasteiger partial charge in [0.15, 0.2) is 11.5 Å². The van der Waals surface area contributed by atoms with Gasteiger partial charge in [-0.1, -0.05) is 13.0 Å². The second kappa shape index (κ2) is 9.01. The highest BCUT2D eigenvalue weighted by Crippen LogP contribution is 2.27. The van der Waals surface area contributed by atoms with E-state index in [0.717, 1.165) is 36.1 Å². The normalized spacial score (nSPS) is 19.1. The predicted molar refractivity (Wildman–Crippen MR) is 88.9 cm³/mol. The second-order valence-corrected chi connectivity index (χ2v) is 6.16. The van der Waals surface area contributed by atoms with E-state index in [1.807, 2.05) is 25.1 Å². The summed E-state index contributed by atoms with van der Waals surface area (Å²) in [5.41, 5.74) is 1.16. The van der Waals surface area contributed by atoms with Crippen molar-refractivity contribution in [3.8, 4) is 11.5 Å². The topological polar surface area (TPSA) is 30.9 Å². The van der Waals surface area contributed by atoms with Gasteiger partial charge >= 0.3 is 0 Å². The first-order valence-electron chi connectivity index (χ1n) is 8.26. The first-order valence-corrected chi connectivity index (χ1v) is 8.26. The molecule has 4 nitrogen and oxygen atoms in total. The van der Waals surface area contributed by atoms with Gasteiger partial charge in [-0.25, -0.2) is 0 Å². The Labute approximate surface area is 134 Å². The molecule has 0 bridgehead atoms. The number of aryl methyl sites for hydroxylation is 1. The largest absolute Gasteiger partial charge is 0.493 e. The van der Waals surface area contributed by atoms with Crippen LogP contribution < -0.4 is 9.47 Å². The average Bonchev–Trinajstić information content (AvgIpc) is 2.52. The Hall–Kier alpha value is -1.26. The minimum atomic E-state index is 0.551.